The summed E-state index contributed by atoms with van der Waals surface area (Å²) in [5.74, 6) is -0.872. The van der Waals surface area contributed by atoms with Gasteiger partial charge in [-0.25, -0.2) is 4.79 Å². The number of Topliss-reactive ketones (excluding diaryl/α,β-unsaturated/α-hetero) is 1. The molecule has 39 heavy (non-hydrogen) atoms. The minimum absolute atomic E-state index is 0.0360. The lowest BCUT2D eigenvalue weighted by atomic mass is 9.96. The highest BCUT2D eigenvalue weighted by Crippen LogP contribution is 2.21. The van der Waals surface area contributed by atoms with Crippen molar-refractivity contribution >= 4 is 17.7 Å². The Bertz CT molecular complexity index is 1090. The van der Waals surface area contributed by atoms with Gasteiger partial charge in [0.2, 0.25) is 11.7 Å². The summed E-state index contributed by atoms with van der Waals surface area (Å²) in [4.78, 5) is 39.4. The molecule has 0 saturated carbocycles. The van der Waals surface area contributed by atoms with Crippen LogP contribution in [0.3, 0.4) is 0 Å². The second kappa shape index (κ2) is 17.1. The van der Waals surface area contributed by atoms with Gasteiger partial charge in [-0.05, 0) is 37.3 Å². The average Bonchev–Trinajstić information content (AvgIpc) is 2.96. The van der Waals surface area contributed by atoms with Crippen LogP contribution in [0.15, 0.2) is 84.5 Å². The van der Waals surface area contributed by atoms with E-state index in [4.69, 9.17) is 10.5 Å². The number of hydrogen-bond acceptors (Lipinski definition) is 5. The Balaban J connectivity index is 2.19. The number of nitrogens with two attached hydrogens (primary N) is 2. The molecule has 210 valence electrons. The number of hydrogen-bond donors (Lipinski definition) is 3. The first-order valence-electron chi connectivity index (χ1n) is 13.9. The molecule has 2 aromatic carbocycles. The van der Waals surface area contributed by atoms with Gasteiger partial charge in [-0.1, -0.05) is 99.7 Å². The molecular weight excluding hydrogens is 490 g/mol. The number of benzene rings is 2. The van der Waals surface area contributed by atoms with E-state index in [9.17, 15) is 14.4 Å². The average molecular weight is 535 g/mol. The van der Waals surface area contributed by atoms with E-state index in [1.54, 1.807) is 24.3 Å². The topological polar surface area (TPSA) is 115 Å². The van der Waals surface area contributed by atoms with Gasteiger partial charge in [0.25, 0.3) is 0 Å². The van der Waals surface area contributed by atoms with Crippen molar-refractivity contribution in [1.82, 2.24) is 5.32 Å². The van der Waals surface area contributed by atoms with Gasteiger partial charge in [0.1, 0.15) is 19.1 Å². The van der Waals surface area contributed by atoms with Crippen LogP contribution in [0.5, 0.6) is 0 Å². The summed E-state index contributed by atoms with van der Waals surface area (Å²) in [5.41, 5.74) is 8.16. The summed E-state index contributed by atoms with van der Waals surface area (Å²) < 4.78 is 6.07. The Labute approximate surface area is 232 Å². The molecule has 7 heteroatoms. The summed E-state index contributed by atoms with van der Waals surface area (Å²) >= 11 is 0. The maximum Gasteiger partial charge on any atom is 0.333 e. The number of ketones is 1. The van der Waals surface area contributed by atoms with E-state index in [1.165, 1.54) is 0 Å². The standard InChI is InChI=1S/C32H43N3O4/c1-5-15-24(16-6-2)27(36)21-34-22-28(23(7-3)8-4)39-32(38)30(26-19-13-10-14-20-26)35-31(37)29(33)25-17-11-9-12-18-25/h5,9-20,23,28-30,34H,6-8,21-22,33H2,1-4H3,(H,35,37)/p+1/b15-5-,24-16+/t28-,29?,30?/m0/s1. The van der Waals surface area contributed by atoms with Crippen LogP contribution in [0.1, 0.15) is 70.2 Å². The molecule has 0 heterocycles. The van der Waals surface area contributed by atoms with Crippen LogP contribution in [0, 0.1) is 5.92 Å². The van der Waals surface area contributed by atoms with Crippen molar-refractivity contribution < 1.29 is 24.4 Å². The van der Waals surface area contributed by atoms with Gasteiger partial charge in [-0.15, -0.1) is 0 Å². The number of amides is 1. The fourth-order valence-electron chi connectivity index (χ4n) is 4.51. The number of carbonyl (C=O) groups excluding carboxylic acids is 3. The predicted molar refractivity (Wildman–Crippen MR) is 155 cm³/mol. The Morgan fingerprint density at radius 3 is 2.08 bits per heavy atom. The van der Waals surface area contributed by atoms with E-state index >= 15 is 0 Å². The van der Waals surface area contributed by atoms with Gasteiger partial charge < -0.3 is 21.1 Å². The quantitative estimate of drug-likeness (QED) is 0.171. The molecule has 0 radical (unpaired) electrons. The van der Waals surface area contributed by atoms with Crippen molar-refractivity contribution in [2.75, 3.05) is 13.1 Å². The fraction of sp³-hybridized carbons (Fsp3) is 0.406. The van der Waals surface area contributed by atoms with E-state index in [0.717, 1.165) is 19.3 Å². The number of allylic oxidation sites excluding steroid dienone is 3. The normalized spacial score (nSPS) is 14.2. The molecule has 1 amide bonds. The third kappa shape index (κ3) is 9.93. The van der Waals surface area contributed by atoms with E-state index in [0.29, 0.717) is 23.2 Å². The minimum Gasteiger partial charge on any atom is -0.454 e. The highest BCUT2D eigenvalue weighted by molar-refractivity contribution is 5.98. The summed E-state index contributed by atoms with van der Waals surface area (Å²) in [7, 11) is 0. The van der Waals surface area contributed by atoms with Gasteiger partial charge in [0.15, 0.2) is 12.1 Å². The fourth-order valence-corrected chi connectivity index (χ4v) is 4.51. The van der Waals surface area contributed by atoms with Crippen LogP contribution in [0.25, 0.3) is 0 Å². The van der Waals surface area contributed by atoms with E-state index in [2.05, 4.69) is 19.2 Å². The van der Waals surface area contributed by atoms with Gasteiger partial charge >= 0.3 is 5.97 Å². The molecule has 0 bridgehead atoms. The zero-order chi connectivity index (χ0) is 28.6. The van der Waals surface area contributed by atoms with Crippen molar-refractivity contribution in [1.29, 1.82) is 0 Å². The highest BCUT2D eigenvalue weighted by atomic mass is 16.5. The molecule has 0 aliphatic rings. The molecule has 5 N–H and O–H groups in total. The Morgan fingerprint density at radius 2 is 1.54 bits per heavy atom. The van der Waals surface area contributed by atoms with Crippen LogP contribution >= 0.6 is 0 Å². The molecule has 0 aliphatic carbocycles. The second-order valence-corrected chi connectivity index (χ2v) is 9.51. The number of carbonyl (C=O) groups is 3. The van der Waals surface area contributed by atoms with Crippen molar-refractivity contribution in [2.24, 2.45) is 11.7 Å². The van der Waals surface area contributed by atoms with Crippen molar-refractivity contribution in [3.8, 4) is 0 Å². The number of rotatable bonds is 16. The Hall–Kier alpha value is -3.55. The number of quaternary nitrogens is 1. The molecule has 0 fully saturated rings. The lowest BCUT2D eigenvalue weighted by Crippen LogP contribution is -2.88. The summed E-state index contributed by atoms with van der Waals surface area (Å²) in [5, 5.41) is 4.71. The van der Waals surface area contributed by atoms with E-state index in [1.807, 2.05) is 73.8 Å². The molecule has 3 atom stereocenters. The van der Waals surface area contributed by atoms with Crippen molar-refractivity contribution in [3.05, 3.63) is 95.6 Å². The second-order valence-electron chi connectivity index (χ2n) is 9.51. The van der Waals surface area contributed by atoms with Gasteiger partial charge in [0.05, 0.1) is 0 Å². The molecule has 2 rings (SSSR count). The number of esters is 1. The van der Waals surface area contributed by atoms with Crippen LogP contribution in [0.2, 0.25) is 0 Å². The maximum atomic E-state index is 13.6. The lowest BCUT2D eigenvalue weighted by Gasteiger charge is -2.27. The first-order valence-corrected chi connectivity index (χ1v) is 13.9. The van der Waals surface area contributed by atoms with Gasteiger partial charge in [-0.3, -0.25) is 9.59 Å². The molecular formula is C32H44N3O4+. The predicted octanol–water partition coefficient (Wildman–Crippen LogP) is 3.94. The van der Waals surface area contributed by atoms with Crippen LogP contribution < -0.4 is 16.4 Å². The largest absolute Gasteiger partial charge is 0.454 e. The first kappa shape index (κ1) is 31.7. The summed E-state index contributed by atoms with van der Waals surface area (Å²) in [6.07, 6.45) is 7.59. The summed E-state index contributed by atoms with van der Waals surface area (Å²) in [6.45, 7) is 8.70. The van der Waals surface area contributed by atoms with Gasteiger partial charge in [-0.2, -0.15) is 0 Å². The summed E-state index contributed by atoms with van der Waals surface area (Å²) in [6, 6.07) is 16.1. The smallest absolute Gasteiger partial charge is 0.333 e. The molecule has 0 aliphatic heterocycles. The monoisotopic (exact) mass is 534 g/mol. The third-order valence-electron chi connectivity index (χ3n) is 6.76. The zero-order valence-electron chi connectivity index (χ0n) is 23.6. The third-order valence-corrected chi connectivity index (χ3v) is 6.76. The van der Waals surface area contributed by atoms with Crippen LogP contribution in [0.4, 0.5) is 0 Å². The SMILES string of the molecule is C/C=C\C(=C/CC)C(=O)C[NH2+]C[C@H](OC(=O)C(NC(=O)C(N)c1ccccc1)c1ccccc1)C(CC)CC. The van der Waals surface area contributed by atoms with E-state index in [-0.39, 0.29) is 18.2 Å². The molecule has 0 aromatic heterocycles. The van der Waals surface area contributed by atoms with Crippen molar-refractivity contribution in [2.45, 2.75) is 65.1 Å². The zero-order valence-corrected chi connectivity index (χ0v) is 23.6. The van der Waals surface area contributed by atoms with Crippen LogP contribution in [-0.4, -0.2) is 36.9 Å². The Morgan fingerprint density at radius 1 is 0.949 bits per heavy atom. The molecule has 2 unspecified atom stereocenters. The molecule has 7 nitrogen and oxygen atoms in total. The van der Waals surface area contributed by atoms with Gasteiger partial charge in [0, 0.05) is 11.5 Å². The minimum atomic E-state index is -1.01. The molecule has 2 aromatic rings. The number of ether oxygens (including phenoxy) is 1. The van der Waals surface area contributed by atoms with Crippen molar-refractivity contribution in [3.63, 3.8) is 0 Å². The maximum absolute atomic E-state index is 13.6. The highest BCUT2D eigenvalue weighted by Gasteiger charge is 2.32. The number of nitrogens with one attached hydrogen (secondary N) is 1. The Kier molecular flexibility index (Phi) is 13.9. The lowest BCUT2D eigenvalue weighted by molar-refractivity contribution is -0.650. The van der Waals surface area contributed by atoms with E-state index < -0.39 is 30.1 Å². The first-order chi connectivity index (χ1) is 18.9. The van der Waals surface area contributed by atoms with Crippen LogP contribution in [-0.2, 0) is 19.1 Å². The molecule has 0 saturated heterocycles. The molecule has 0 spiro atoms.